The summed E-state index contributed by atoms with van der Waals surface area (Å²) in [5, 5.41) is 0. The van der Waals surface area contributed by atoms with Crippen molar-refractivity contribution in [3.63, 3.8) is 0 Å². The molecule has 0 aromatic heterocycles. The van der Waals surface area contributed by atoms with E-state index in [-0.39, 0.29) is 0 Å². The molecule has 108 valence electrons. The Morgan fingerprint density at radius 2 is 1.63 bits per heavy atom. The highest BCUT2D eigenvalue weighted by Crippen LogP contribution is 2.32. The van der Waals surface area contributed by atoms with Crippen molar-refractivity contribution >= 4 is 5.78 Å². The number of rotatable bonds is 4. The van der Waals surface area contributed by atoms with Crippen LogP contribution >= 0.6 is 0 Å². The van der Waals surface area contributed by atoms with Gasteiger partial charge in [-0.15, -0.1) is 0 Å². The van der Waals surface area contributed by atoms with E-state index >= 15 is 0 Å². The lowest BCUT2D eigenvalue weighted by atomic mass is 9.84. The smallest absolute Gasteiger partial charge is 0.136 e. The molecule has 3 heteroatoms. The van der Waals surface area contributed by atoms with E-state index in [1.807, 2.05) is 0 Å². The maximum Gasteiger partial charge on any atom is 0.136 e. The molecule has 2 heterocycles. The molecule has 3 nitrogen and oxygen atoms in total. The minimum absolute atomic E-state index is 0.485. The highest BCUT2D eigenvalue weighted by atomic mass is 16.5. The van der Waals surface area contributed by atoms with Crippen LogP contribution in [0.2, 0.25) is 0 Å². The normalized spacial score (nSPS) is 33.6. The van der Waals surface area contributed by atoms with Crippen LogP contribution in [0.5, 0.6) is 0 Å². The number of carbonyl (C=O) groups is 1. The second-order valence-electron chi connectivity index (χ2n) is 6.55. The Hall–Kier alpha value is -0.410. The van der Waals surface area contributed by atoms with Crippen LogP contribution in [0.25, 0.3) is 0 Å². The second-order valence-corrected chi connectivity index (χ2v) is 6.55. The maximum absolute atomic E-state index is 11.7. The summed E-state index contributed by atoms with van der Waals surface area (Å²) in [6, 6.07) is 1.05. The molecule has 2 bridgehead atoms. The van der Waals surface area contributed by atoms with Gasteiger partial charge in [-0.1, -0.05) is 25.7 Å². The van der Waals surface area contributed by atoms with E-state index in [9.17, 15) is 4.79 Å². The molecule has 2 atom stereocenters. The van der Waals surface area contributed by atoms with Crippen molar-refractivity contribution in [1.82, 2.24) is 4.90 Å². The molecule has 2 unspecified atom stereocenters. The molecule has 0 radical (unpaired) electrons. The predicted molar refractivity (Wildman–Crippen MR) is 75.2 cm³/mol. The number of ketones is 1. The molecule has 2 saturated heterocycles. The van der Waals surface area contributed by atoms with Gasteiger partial charge in [-0.3, -0.25) is 9.69 Å². The van der Waals surface area contributed by atoms with Gasteiger partial charge in [-0.05, 0) is 25.7 Å². The third-order valence-corrected chi connectivity index (χ3v) is 5.19. The molecular weight excluding hydrogens is 238 g/mol. The standard InChI is InChI=1S/C16H27NO2/c18-15-11-13-5-4-6-14(12-15)17(13)9-10-19-16-7-2-1-3-8-16/h13-14,16H,1-12H2. The molecular formula is C16H27NO2. The maximum atomic E-state index is 11.7. The largest absolute Gasteiger partial charge is 0.377 e. The van der Waals surface area contributed by atoms with E-state index < -0.39 is 0 Å². The van der Waals surface area contributed by atoms with E-state index in [0.717, 1.165) is 26.0 Å². The molecule has 0 amide bonds. The van der Waals surface area contributed by atoms with Gasteiger partial charge in [0.15, 0.2) is 0 Å². The van der Waals surface area contributed by atoms with Crippen LogP contribution in [0, 0.1) is 0 Å². The average Bonchev–Trinajstić information content (AvgIpc) is 2.40. The van der Waals surface area contributed by atoms with Crippen LogP contribution in [-0.2, 0) is 9.53 Å². The molecule has 3 fully saturated rings. The van der Waals surface area contributed by atoms with Crippen LogP contribution < -0.4 is 0 Å². The van der Waals surface area contributed by atoms with Gasteiger partial charge in [0.05, 0.1) is 12.7 Å². The van der Waals surface area contributed by atoms with Crippen LogP contribution in [0.3, 0.4) is 0 Å². The van der Waals surface area contributed by atoms with Crippen molar-refractivity contribution in [2.45, 2.75) is 82.4 Å². The van der Waals surface area contributed by atoms with Gasteiger partial charge in [0.25, 0.3) is 0 Å². The van der Waals surface area contributed by atoms with Gasteiger partial charge in [0.2, 0.25) is 0 Å². The number of Topliss-reactive ketones (excluding diaryl/α,β-unsaturated/α-hetero) is 1. The number of ether oxygens (including phenoxy) is 1. The Morgan fingerprint density at radius 1 is 0.947 bits per heavy atom. The summed E-state index contributed by atoms with van der Waals surface area (Å²) in [6.07, 6.45) is 12.4. The topological polar surface area (TPSA) is 29.5 Å². The zero-order chi connectivity index (χ0) is 13.1. The molecule has 0 spiro atoms. The number of carbonyl (C=O) groups excluding carboxylic acids is 1. The van der Waals surface area contributed by atoms with Gasteiger partial charge in [-0.25, -0.2) is 0 Å². The first-order chi connectivity index (χ1) is 9.33. The fraction of sp³-hybridized carbons (Fsp3) is 0.938. The minimum Gasteiger partial charge on any atom is -0.377 e. The molecule has 3 rings (SSSR count). The first-order valence-electron chi connectivity index (χ1n) is 8.22. The molecule has 0 aromatic rings. The van der Waals surface area contributed by atoms with Gasteiger partial charge in [-0.2, -0.15) is 0 Å². The lowest BCUT2D eigenvalue weighted by Crippen LogP contribution is -2.53. The number of nitrogens with zero attached hydrogens (tertiary/aromatic N) is 1. The Balaban J connectivity index is 1.45. The van der Waals surface area contributed by atoms with Crippen molar-refractivity contribution in [2.24, 2.45) is 0 Å². The van der Waals surface area contributed by atoms with Crippen molar-refractivity contribution < 1.29 is 9.53 Å². The second kappa shape index (κ2) is 6.36. The summed E-state index contributed by atoms with van der Waals surface area (Å²) in [4.78, 5) is 14.3. The first kappa shape index (κ1) is 13.6. The van der Waals surface area contributed by atoms with E-state index in [1.165, 1.54) is 51.4 Å². The summed E-state index contributed by atoms with van der Waals surface area (Å²) in [5.74, 6) is 0.485. The number of hydrogen-bond donors (Lipinski definition) is 0. The van der Waals surface area contributed by atoms with Gasteiger partial charge in [0.1, 0.15) is 5.78 Å². The SMILES string of the molecule is O=C1CC2CCCC(C1)N2CCOC1CCCCC1. The molecule has 1 aliphatic carbocycles. The van der Waals surface area contributed by atoms with E-state index in [0.29, 0.717) is 24.0 Å². The Kier molecular flexibility index (Phi) is 4.54. The molecule has 19 heavy (non-hydrogen) atoms. The number of hydrogen-bond acceptors (Lipinski definition) is 3. The van der Waals surface area contributed by atoms with Crippen molar-refractivity contribution in [3.8, 4) is 0 Å². The van der Waals surface area contributed by atoms with Gasteiger partial charge < -0.3 is 4.74 Å². The van der Waals surface area contributed by atoms with E-state index in [4.69, 9.17) is 4.74 Å². The molecule has 0 N–H and O–H groups in total. The third kappa shape index (κ3) is 3.38. The molecule has 2 aliphatic heterocycles. The van der Waals surface area contributed by atoms with Gasteiger partial charge >= 0.3 is 0 Å². The number of piperidine rings is 2. The zero-order valence-corrected chi connectivity index (χ0v) is 12.0. The van der Waals surface area contributed by atoms with E-state index in [1.54, 1.807) is 0 Å². The van der Waals surface area contributed by atoms with E-state index in [2.05, 4.69) is 4.90 Å². The Bertz CT molecular complexity index is 296. The summed E-state index contributed by atoms with van der Waals surface area (Å²) in [7, 11) is 0. The lowest BCUT2D eigenvalue weighted by Gasteiger charge is -2.45. The molecule has 1 saturated carbocycles. The quantitative estimate of drug-likeness (QED) is 0.782. The predicted octanol–water partition coefficient (Wildman–Crippen LogP) is 2.92. The summed E-state index contributed by atoms with van der Waals surface area (Å²) in [5.41, 5.74) is 0. The molecule has 0 aromatic carbocycles. The lowest BCUT2D eigenvalue weighted by molar-refractivity contribution is -0.128. The molecule has 3 aliphatic rings. The van der Waals surface area contributed by atoms with Crippen LogP contribution in [0.1, 0.15) is 64.2 Å². The van der Waals surface area contributed by atoms with Crippen LogP contribution in [-0.4, -0.2) is 42.0 Å². The minimum atomic E-state index is 0.485. The first-order valence-corrected chi connectivity index (χ1v) is 8.22. The highest BCUT2D eigenvalue weighted by molar-refractivity contribution is 5.80. The van der Waals surface area contributed by atoms with Crippen LogP contribution in [0.15, 0.2) is 0 Å². The van der Waals surface area contributed by atoms with Crippen LogP contribution in [0.4, 0.5) is 0 Å². The highest BCUT2D eigenvalue weighted by Gasteiger charge is 2.37. The van der Waals surface area contributed by atoms with Crippen molar-refractivity contribution in [3.05, 3.63) is 0 Å². The van der Waals surface area contributed by atoms with Gasteiger partial charge in [0, 0.05) is 31.5 Å². The fourth-order valence-corrected chi connectivity index (χ4v) is 4.19. The third-order valence-electron chi connectivity index (χ3n) is 5.19. The Morgan fingerprint density at radius 3 is 2.32 bits per heavy atom. The fourth-order valence-electron chi connectivity index (χ4n) is 4.19. The summed E-state index contributed by atoms with van der Waals surface area (Å²) >= 11 is 0. The zero-order valence-electron chi connectivity index (χ0n) is 12.0. The van der Waals surface area contributed by atoms with Crippen molar-refractivity contribution in [1.29, 1.82) is 0 Å². The van der Waals surface area contributed by atoms with Crippen molar-refractivity contribution in [2.75, 3.05) is 13.2 Å². The monoisotopic (exact) mass is 265 g/mol. The Labute approximate surface area is 116 Å². The summed E-state index contributed by atoms with van der Waals surface area (Å²) in [6.45, 7) is 1.91. The average molecular weight is 265 g/mol. The number of fused-ring (bicyclic) bond motifs is 2. The summed E-state index contributed by atoms with van der Waals surface area (Å²) < 4.78 is 6.05.